The Morgan fingerprint density at radius 1 is 1.03 bits per heavy atom. The minimum absolute atomic E-state index is 0.0701. The second-order valence-electron chi connectivity index (χ2n) is 7.52. The lowest BCUT2D eigenvalue weighted by Gasteiger charge is -2.16. The molecule has 2 unspecified atom stereocenters. The van der Waals surface area contributed by atoms with Gasteiger partial charge in [0.25, 0.3) is 11.8 Å². The molecule has 0 saturated carbocycles. The molecule has 3 rings (SSSR count). The van der Waals surface area contributed by atoms with Crippen molar-refractivity contribution in [1.82, 2.24) is 10.6 Å². The predicted molar refractivity (Wildman–Crippen MR) is 140 cm³/mol. The fourth-order valence-electron chi connectivity index (χ4n) is 3.23. The fraction of sp³-hybridized carbons (Fsp3) is 0.269. The average Bonchev–Trinajstić information content (AvgIpc) is 3.41. The number of halogens is 1. The molecule has 36 heavy (non-hydrogen) atoms. The molecule has 0 radical (unpaired) electrons. The van der Waals surface area contributed by atoms with Gasteiger partial charge >= 0.3 is 5.97 Å². The maximum atomic E-state index is 12.6. The number of benzene rings is 2. The number of aliphatic carboxylic acids is 1. The maximum absolute atomic E-state index is 12.6. The number of phenolic OH excluding ortho intramolecular Hbond substituents is 1. The van der Waals surface area contributed by atoms with Gasteiger partial charge in [-0.05, 0) is 59.7 Å². The number of amides is 2. The first-order chi connectivity index (χ1) is 17.2. The highest BCUT2D eigenvalue weighted by atomic mass is 35.5. The molecule has 3 aromatic rings. The van der Waals surface area contributed by atoms with E-state index in [1.807, 2.05) is 13.8 Å². The van der Waals surface area contributed by atoms with Gasteiger partial charge in [-0.3, -0.25) is 9.59 Å². The summed E-state index contributed by atoms with van der Waals surface area (Å²) in [5.74, 6) is -2.34. The van der Waals surface area contributed by atoms with Gasteiger partial charge in [0.2, 0.25) is 0 Å². The zero-order chi connectivity index (χ0) is 26.7. The smallest absolute Gasteiger partial charge is 0.328 e. The Balaban J connectivity index is 0.00000222. The second kappa shape index (κ2) is 14.2. The lowest BCUT2D eigenvalue weighted by Crippen LogP contribution is -2.48. The molecule has 2 amide bonds. The van der Waals surface area contributed by atoms with Crippen LogP contribution in [0.3, 0.4) is 0 Å². The van der Waals surface area contributed by atoms with Crippen molar-refractivity contribution in [2.45, 2.75) is 38.8 Å². The molecule has 0 aliphatic heterocycles. The quantitative estimate of drug-likeness (QED) is 0.262. The van der Waals surface area contributed by atoms with Crippen LogP contribution in [0.5, 0.6) is 5.75 Å². The van der Waals surface area contributed by atoms with Crippen molar-refractivity contribution >= 4 is 40.7 Å². The first-order valence-electron chi connectivity index (χ1n) is 11.4. The normalized spacial score (nSPS) is 12.0. The van der Waals surface area contributed by atoms with Gasteiger partial charge in [-0.15, -0.1) is 11.3 Å². The van der Waals surface area contributed by atoms with Gasteiger partial charge in [0.15, 0.2) is 0 Å². The van der Waals surface area contributed by atoms with E-state index in [1.165, 1.54) is 29.5 Å². The number of carboxylic acids is 1. The third-order valence-electron chi connectivity index (χ3n) is 5.05. The van der Waals surface area contributed by atoms with Crippen LogP contribution in [-0.2, 0) is 11.2 Å². The molecule has 0 bridgehead atoms. The molecule has 2 atom stereocenters. The Morgan fingerprint density at radius 3 is 2.39 bits per heavy atom. The zero-order valence-electron chi connectivity index (χ0n) is 19.9. The van der Waals surface area contributed by atoms with Gasteiger partial charge in [-0.25, -0.2) is 4.79 Å². The van der Waals surface area contributed by atoms with Crippen molar-refractivity contribution in [1.29, 1.82) is 0 Å². The second-order valence-corrected chi connectivity index (χ2v) is 8.87. The Labute approximate surface area is 218 Å². The van der Waals surface area contributed by atoms with Crippen LogP contribution in [0.25, 0.3) is 0 Å². The summed E-state index contributed by atoms with van der Waals surface area (Å²) in [6.07, 6.45) is 0.0518. The lowest BCUT2D eigenvalue weighted by molar-refractivity contribution is -0.139. The third-order valence-corrected chi connectivity index (χ3v) is 6.24. The highest BCUT2D eigenvalue weighted by Gasteiger charge is 2.23. The van der Waals surface area contributed by atoms with Gasteiger partial charge in [0, 0.05) is 6.54 Å². The molecule has 0 spiro atoms. The van der Waals surface area contributed by atoms with Gasteiger partial charge in [-0.1, -0.05) is 49.7 Å². The largest absolute Gasteiger partial charge is 0.508 e. The number of hydrogen-bond donors (Lipinski definition) is 5. The van der Waals surface area contributed by atoms with Crippen molar-refractivity contribution in [3.63, 3.8) is 0 Å². The predicted octanol–water partition coefficient (Wildman–Crippen LogP) is 4.41. The fourth-order valence-corrected chi connectivity index (χ4v) is 4.16. The molecule has 8 nitrogen and oxygen atoms in total. The molecule has 0 fully saturated rings. The van der Waals surface area contributed by atoms with Crippen molar-refractivity contribution < 1.29 is 29.7 Å². The minimum atomic E-state index is -1.34. The van der Waals surface area contributed by atoms with Gasteiger partial charge in [0.1, 0.15) is 11.8 Å². The molecule has 0 saturated heterocycles. The van der Waals surface area contributed by atoms with E-state index < -0.39 is 29.9 Å². The van der Waals surface area contributed by atoms with Crippen LogP contribution in [0.15, 0.2) is 60.0 Å². The monoisotopic (exact) mass is 532 g/mol. The number of carbonyl (C=O) groups excluding carboxylic acids is 2. The number of phenols is 1. The van der Waals surface area contributed by atoms with Crippen LogP contribution in [0.2, 0.25) is 5.02 Å². The van der Waals surface area contributed by atoms with E-state index in [0.29, 0.717) is 23.3 Å². The Kier molecular flexibility index (Phi) is 11.4. The SMILES string of the molecule is CC.O=C(NCC(NC(=O)c1ccc(CCC(O)c2cccc(O)c2)cc1Cl)C(=O)O)c1cccs1. The van der Waals surface area contributed by atoms with Crippen LogP contribution in [0.4, 0.5) is 0 Å². The van der Waals surface area contributed by atoms with Gasteiger partial charge in [0.05, 0.1) is 21.6 Å². The summed E-state index contributed by atoms with van der Waals surface area (Å²) in [4.78, 5) is 36.6. The number of carbonyl (C=O) groups is 3. The molecular formula is C26H29ClN2O6S. The van der Waals surface area contributed by atoms with E-state index in [-0.39, 0.29) is 22.9 Å². The molecule has 192 valence electrons. The van der Waals surface area contributed by atoms with Gasteiger partial charge < -0.3 is 26.0 Å². The number of carboxylic acid groups (broad SMARTS) is 1. The first kappa shape index (κ1) is 28.8. The van der Waals surface area contributed by atoms with Gasteiger partial charge in [-0.2, -0.15) is 0 Å². The van der Waals surface area contributed by atoms with E-state index >= 15 is 0 Å². The summed E-state index contributed by atoms with van der Waals surface area (Å²) in [6.45, 7) is 3.71. The summed E-state index contributed by atoms with van der Waals surface area (Å²) in [7, 11) is 0. The van der Waals surface area contributed by atoms with E-state index in [1.54, 1.807) is 41.8 Å². The number of hydrogen-bond acceptors (Lipinski definition) is 6. The van der Waals surface area contributed by atoms with Crippen molar-refractivity contribution in [2.24, 2.45) is 0 Å². The number of aliphatic hydroxyl groups excluding tert-OH is 1. The summed E-state index contributed by atoms with van der Waals surface area (Å²) >= 11 is 7.48. The van der Waals surface area contributed by atoms with Crippen molar-refractivity contribution in [3.8, 4) is 5.75 Å². The minimum Gasteiger partial charge on any atom is -0.508 e. The van der Waals surface area contributed by atoms with E-state index in [4.69, 9.17) is 11.6 Å². The summed E-state index contributed by atoms with van der Waals surface area (Å²) < 4.78 is 0. The zero-order valence-corrected chi connectivity index (χ0v) is 21.5. The molecule has 0 aliphatic carbocycles. The Morgan fingerprint density at radius 2 is 1.78 bits per heavy atom. The van der Waals surface area contributed by atoms with Crippen molar-refractivity contribution in [2.75, 3.05) is 6.54 Å². The molecule has 0 aliphatic rings. The number of aliphatic hydroxyl groups is 1. The van der Waals surface area contributed by atoms with Crippen LogP contribution in [0.1, 0.15) is 57.5 Å². The average molecular weight is 533 g/mol. The highest BCUT2D eigenvalue weighted by molar-refractivity contribution is 7.12. The molecular weight excluding hydrogens is 504 g/mol. The van der Waals surface area contributed by atoms with Crippen LogP contribution < -0.4 is 10.6 Å². The maximum Gasteiger partial charge on any atom is 0.328 e. The standard InChI is InChI=1S/C24H23ClN2O6S.C2H6/c25-18-11-14(7-9-20(29)15-3-1-4-16(28)12-15)6-8-17(18)22(30)27-19(24(32)33)13-26-23(31)21-5-2-10-34-21;1-2/h1-6,8,10-12,19-20,28-29H,7,9,13H2,(H,26,31)(H,27,30)(H,32,33);1-2H3. The molecule has 5 N–H and O–H groups in total. The molecule has 1 aromatic heterocycles. The van der Waals surface area contributed by atoms with Crippen LogP contribution >= 0.6 is 22.9 Å². The number of thiophene rings is 1. The summed E-state index contributed by atoms with van der Waals surface area (Å²) in [5, 5.41) is 36.0. The molecule has 2 aromatic carbocycles. The van der Waals surface area contributed by atoms with E-state index in [2.05, 4.69) is 10.6 Å². The molecule has 10 heteroatoms. The highest BCUT2D eigenvalue weighted by Crippen LogP contribution is 2.24. The lowest BCUT2D eigenvalue weighted by atomic mass is 10.00. The first-order valence-corrected chi connectivity index (χ1v) is 12.6. The summed E-state index contributed by atoms with van der Waals surface area (Å²) in [6, 6.07) is 13.1. The summed E-state index contributed by atoms with van der Waals surface area (Å²) in [5.41, 5.74) is 1.46. The number of rotatable bonds is 10. The Hall–Kier alpha value is -3.40. The van der Waals surface area contributed by atoms with Crippen molar-refractivity contribution in [3.05, 3.63) is 86.6 Å². The molecule has 1 heterocycles. The van der Waals surface area contributed by atoms with E-state index in [0.717, 1.165) is 5.56 Å². The third kappa shape index (κ3) is 8.37. The van der Waals surface area contributed by atoms with Crippen LogP contribution in [-0.4, -0.2) is 45.7 Å². The van der Waals surface area contributed by atoms with Crippen LogP contribution in [0, 0.1) is 0 Å². The Bertz CT molecular complexity index is 1170. The topological polar surface area (TPSA) is 136 Å². The van der Waals surface area contributed by atoms with E-state index in [9.17, 15) is 29.7 Å². The number of aromatic hydroxyl groups is 1. The number of aryl methyl sites for hydroxylation is 1. The number of nitrogens with one attached hydrogen (secondary N) is 2.